The molecule has 4 N–H and O–H groups in total. The first-order valence-electron chi connectivity index (χ1n) is 6.64. The third-order valence-corrected chi connectivity index (χ3v) is 2.58. The third-order valence-electron chi connectivity index (χ3n) is 2.58. The molecule has 0 radical (unpaired) electrons. The molecule has 0 saturated heterocycles. The average molecular weight is 289 g/mol. The molecule has 0 aliphatic rings. The SMILES string of the molecule is CN(C)C(=O)CC[C@H](NC(=O)OC(C)(C)C)C(O)CN. The fourth-order valence-corrected chi connectivity index (χ4v) is 1.49. The van der Waals surface area contributed by atoms with E-state index in [9.17, 15) is 14.7 Å². The molecule has 2 atom stereocenters. The van der Waals surface area contributed by atoms with Crippen LogP contribution in [0.15, 0.2) is 0 Å². The minimum Gasteiger partial charge on any atom is -0.444 e. The Labute approximate surface area is 120 Å². The Bertz CT molecular complexity index is 326. The van der Waals surface area contributed by atoms with Crippen molar-refractivity contribution in [3.63, 3.8) is 0 Å². The van der Waals surface area contributed by atoms with Gasteiger partial charge in [0.05, 0.1) is 12.1 Å². The van der Waals surface area contributed by atoms with Gasteiger partial charge in [-0.1, -0.05) is 0 Å². The van der Waals surface area contributed by atoms with E-state index in [-0.39, 0.29) is 18.9 Å². The molecule has 0 fully saturated rings. The smallest absolute Gasteiger partial charge is 0.407 e. The van der Waals surface area contributed by atoms with Crippen molar-refractivity contribution in [1.29, 1.82) is 0 Å². The lowest BCUT2D eigenvalue weighted by atomic mass is 10.1. The van der Waals surface area contributed by atoms with E-state index in [0.29, 0.717) is 6.42 Å². The first-order valence-corrected chi connectivity index (χ1v) is 6.64. The van der Waals surface area contributed by atoms with Crippen molar-refractivity contribution in [1.82, 2.24) is 10.2 Å². The van der Waals surface area contributed by atoms with E-state index in [1.807, 2.05) is 0 Å². The maximum Gasteiger partial charge on any atom is 0.407 e. The van der Waals surface area contributed by atoms with Crippen molar-refractivity contribution in [3.8, 4) is 0 Å². The lowest BCUT2D eigenvalue weighted by molar-refractivity contribution is -0.129. The maximum absolute atomic E-state index is 11.7. The van der Waals surface area contributed by atoms with E-state index in [1.165, 1.54) is 4.90 Å². The molecular formula is C13H27N3O4. The number of carbonyl (C=O) groups excluding carboxylic acids is 2. The summed E-state index contributed by atoms with van der Waals surface area (Å²) in [5.41, 5.74) is 4.78. The molecule has 2 amide bonds. The van der Waals surface area contributed by atoms with Gasteiger partial charge in [0.2, 0.25) is 5.91 Å². The summed E-state index contributed by atoms with van der Waals surface area (Å²) in [7, 11) is 3.30. The van der Waals surface area contributed by atoms with E-state index >= 15 is 0 Å². The topological polar surface area (TPSA) is 105 Å². The summed E-state index contributed by atoms with van der Waals surface area (Å²) in [4.78, 5) is 24.7. The van der Waals surface area contributed by atoms with Gasteiger partial charge in [-0.25, -0.2) is 4.79 Å². The van der Waals surface area contributed by atoms with Gasteiger partial charge in [0, 0.05) is 27.1 Å². The van der Waals surface area contributed by atoms with Gasteiger partial charge in [-0.3, -0.25) is 4.79 Å². The first-order chi connectivity index (χ1) is 9.06. The number of aliphatic hydroxyl groups excluding tert-OH is 1. The van der Waals surface area contributed by atoms with Gasteiger partial charge in [-0.05, 0) is 27.2 Å². The fourth-order valence-electron chi connectivity index (χ4n) is 1.49. The lowest BCUT2D eigenvalue weighted by Crippen LogP contribution is -2.48. The number of nitrogens with zero attached hydrogens (tertiary/aromatic N) is 1. The molecule has 7 nitrogen and oxygen atoms in total. The molecule has 7 heteroatoms. The van der Waals surface area contributed by atoms with Crippen molar-refractivity contribution in [2.75, 3.05) is 20.6 Å². The summed E-state index contributed by atoms with van der Waals surface area (Å²) in [6.07, 6.45) is -1.04. The summed E-state index contributed by atoms with van der Waals surface area (Å²) in [6.45, 7) is 5.24. The van der Waals surface area contributed by atoms with Crippen LogP contribution >= 0.6 is 0 Å². The Morgan fingerprint density at radius 1 is 1.35 bits per heavy atom. The number of ether oxygens (including phenoxy) is 1. The Hall–Kier alpha value is -1.34. The number of nitrogens with two attached hydrogens (primary N) is 1. The Kier molecular flexibility index (Phi) is 7.52. The number of hydrogen-bond acceptors (Lipinski definition) is 5. The largest absolute Gasteiger partial charge is 0.444 e. The summed E-state index contributed by atoms with van der Waals surface area (Å²) < 4.78 is 5.12. The van der Waals surface area contributed by atoms with Crippen LogP contribution in [-0.4, -0.2) is 60.4 Å². The Morgan fingerprint density at radius 2 is 1.90 bits per heavy atom. The summed E-state index contributed by atoms with van der Waals surface area (Å²) in [5.74, 6) is -0.0785. The predicted octanol–water partition coefficient (Wildman–Crippen LogP) is 0.0677. The van der Waals surface area contributed by atoms with Crippen LogP contribution in [0.25, 0.3) is 0 Å². The van der Waals surface area contributed by atoms with Crippen molar-refractivity contribution in [2.24, 2.45) is 5.73 Å². The third kappa shape index (κ3) is 7.96. The van der Waals surface area contributed by atoms with E-state index in [1.54, 1.807) is 34.9 Å². The highest BCUT2D eigenvalue weighted by Crippen LogP contribution is 2.09. The van der Waals surface area contributed by atoms with Gasteiger partial charge in [0.25, 0.3) is 0 Å². The van der Waals surface area contributed by atoms with Gasteiger partial charge in [-0.2, -0.15) is 0 Å². The van der Waals surface area contributed by atoms with Gasteiger partial charge in [-0.15, -0.1) is 0 Å². The first kappa shape index (κ1) is 18.7. The summed E-state index contributed by atoms with van der Waals surface area (Å²) in [6, 6.07) is -0.612. The molecule has 0 aromatic rings. The van der Waals surface area contributed by atoms with Crippen molar-refractivity contribution in [3.05, 3.63) is 0 Å². The molecule has 0 bridgehead atoms. The molecule has 20 heavy (non-hydrogen) atoms. The number of carbonyl (C=O) groups is 2. The normalized spacial score (nSPS) is 14.3. The van der Waals surface area contributed by atoms with Crippen LogP contribution in [0.5, 0.6) is 0 Å². The van der Waals surface area contributed by atoms with Crippen molar-refractivity contribution in [2.45, 2.75) is 51.4 Å². The number of aliphatic hydroxyl groups is 1. The standard InChI is InChI=1S/C13H27N3O4/c1-13(2,3)20-12(19)15-9(10(17)8-14)6-7-11(18)16(4)5/h9-10,17H,6-8,14H2,1-5H3,(H,15,19)/t9-,10?/m0/s1. The van der Waals surface area contributed by atoms with Crippen LogP contribution in [0.4, 0.5) is 4.79 Å². The van der Waals surface area contributed by atoms with Gasteiger partial charge >= 0.3 is 6.09 Å². The van der Waals surface area contributed by atoms with Crippen LogP contribution in [0.1, 0.15) is 33.6 Å². The molecule has 0 aromatic heterocycles. The molecular weight excluding hydrogens is 262 g/mol. The Balaban J connectivity index is 4.50. The van der Waals surface area contributed by atoms with Crippen molar-refractivity contribution >= 4 is 12.0 Å². The highest BCUT2D eigenvalue weighted by atomic mass is 16.6. The molecule has 118 valence electrons. The van der Waals surface area contributed by atoms with Crippen LogP contribution < -0.4 is 11.1 Å². The number of alkyl carbamates (subject to hydrolysis) is 1. The van der Waals surface area contributed by atoms with Crippen LogP contribution in [0.2, 0.25) is 0 Å². The van der Waals surface area contributed by atoms with E-state index in [4.69, 9.17) is 10.5 Å². The fraction of sp³-hybridized carbons (Fsp3) is 0.846. The van der Waals surface area contributed by atoms with Gasteiger partial charge < -0.3 is 25.8 Å². The maximum atomic E-state index is 11.7. The zero-order valence-electron chi connectivity index (χ0n) is 13.0. The molecule has 0 aromatic carbocycles. The molecule has 0 rings (SSSR count). The minimum atomic E-state index is -0.919. The van der Waals surface area contributed by atoms with Crippen molar-refractivity contribution < 1.29 is 19.4 Å². The van der Waals surface area contributed by atoms with Gasteiger partial charge in [0.1, 0.15) is 5.60 Å². The summed E-state index contributed by atoms with van der Waals surface area (Å²) >= 11 is 0. The number of rotatable bonds is 6. The average Bonchev–Trinajstić information content (AvgIpc) is 2.30. The second-order valence-electron chi connectivity index (χ2n) is 5.88. The van der Waals surface area contributed by atoms with E-state index < -0.39 is 23.8 Å². The van der Waals surface area contributed by atoms with Gasteiger partial charge in [0.15, 0.2) is 0 Å². The van der Waals surface area contributed by atoms with E-state index in [2.05, 4.69) is 5.32 Å². The lowest BCUT2D eigenvalue weighted by Gasteiger charge is -2.26. The monoisotopic (exact) mass is 289 g/mol. The zero-order chi connectivity index (χ0) is 15.9. The predicted molar refractivity (Wildman–Crippen MR) is 76.1 cm³/mol. The molecule has 0 spiro atoms. The number of nitrogens with one attached hydrogen (secondary N) is 1. The highest BCUT2D eigenvalue weighted by molar-refractivity contribution is 5.75. The molecule has 0 saturated carbocycles. The van der Waals surface area contributed by atoms with Crippen LogP contribution in [0.3, 0.4) is 0 Å². The number of amides is 2. The second kappa shape index (κ2) is 8.06. The quantitative estimate of drug-likeness (QED) is 0.641. The minimum absolute atomic E-state index is 0.00335. The van der Waals surface area contributed by atoms with Crippen LogP contribution in [0, 0.1) is 0 Å². The zero-order valence-corrected chi connectivity index (χ0v) is 13.0. The molecule has 0 aliphatic heterocycles. The Morgan fingerprint density at radius 3 is 2.30 bits per heavy atom. The second-order valence-corrected chi connectivity index (χ2v) is 5.88. The highest BCUT2D eigenvalue weighted by Gasteiger charge is 2.24. The molecule has 1 unspecified atom stereocenters. The summed E-state index contributed by atoms with van der Waals surface area (Å²) in [5, 5.41) is 12.4. The number of hydrogen-bond donors (Lipinski definition) is 3. The van der Waals surface area contributed by atoms with E-state index in [0.717, 1.165) is 0 Å². The van der Waals surface area contributed by atoms with Crippen LogP contribution in [-0.2, 0) is 9.53 Å². The molecule has 0 heterocycles. The molecule has 0 aliphatic carbocycles.